The van der Waals surface area contributed by atoms with E-state index < -0.39 is 0 Å². The third-order valence-electron chi connectivity index (χ3n) is 3.81. The summed E-state index contributed by atoms with van der Waals surface area (Å²) in [7, 11) is 1.90. The van der Waals surface area contributed by atoms with Gasteiger partial charge in [0.1, 0.15) is 5.82 Å². The summed E-state index contributed by atoms with van der Waals surface area (Å²) in [5.41, 5.74) is 2.51. The van der Waals surface area contributed by atoms with Crippen LogP contribution in [0.5, 0.6) is 0 Å². The van der Waals surface area contributed by atoms with Gasteiger partial charge in [0, 0.05) is 11.7 Å². The first-order chi connectivity index (χ1) is 10.5. The molecule has 2 rings (SSSR count). The molecule has 0 radical (unpaired) electrons. The molecule has 4 heteroatoms. The van der Waals surface area contributed by atoms with Crippen molar-refractivity contribution in [2.45, 2.75) is 19.9 Å². The van der Waals surface area contributed by atoms with Crippen molar-refractivity contribution in [3.8, 4) is 0 Å². The zero-order valence-electron chi connectivity index (χ0n) is 13.1. The topological polar surface area (TPSA) is 32.3 Å². The zero-order chi connectivity index (χ0) is 16.1. The molecule has 0 aliphatic rings. The first-order valence-electron chi connectivity index (χ1n) is 7.28. The Morgan fingerprint density at radius 2 is 1.91 bits per heavy atom. The Balaban J connectivity index is 1.98. The van der Waals surface area contributed by atoms with E-state index in [1.807, 2.05) is 49.2 Å². The van der Waals surface area contributed by atoms with E-state index in [1.165, 1.54) is 12.1 Å². The number of likely N-dealkylation sites (N-methyl/N-ethyl adjacent to an activating group) is 1. The maximum absolute atomic E-state index is 13.2. The van der Waals surface area contributed by atoms with Gasteiger partial charge in [0.25, 0.3) is 0 Å². The van der Waals surface area contributed by atoms with Crippen LogP contribution in [0.15, 0.2) is 48.5 Å². The van der Waals surface area contributed by atoms with Gasteiger partial charge in [-0.15, -0.1) is 0 Å². The predicted molar refractivity (Wildman–Crippen MR) is 87.3 cm³/mol. The lowest BCUT2D eigenvalue weighted by atomic mass is 10.1. The summed E-state index contributed by atoms with van der Waals surface area (Å²) in [5.74, 6) is -0.508. The van der Waals surface area contributed by atoms with Crippen LogP contribution in [0.2, 0.25) is 0 Å². The molecule has 0 saturated heterocycles. The third kappa shape index (κ3) is 4.15. The van der Waals surface area contributed by atoms with Gasteiger partial charge < -0.3 is 5.32 Å². The van der Waals surface area contributed by atoms with E-state index >= 15 is 0 Å². The molecule has 0 fully saturated rings. The highest BCUT2D eigenvalue weighted by Crippen LogP contribution is 2.19. The Hall–Kier alpha value is -2.20. The van der Waals surface area contributed by atoms with Crippen molar-refractivity contribution in [2.75, 3.05) is 18.9 Å². The van der Waals surface area contributed by atoms with Gasteiger partial charge >= 0.3 is 0 Å². The first kappa shape index (κ1) is 16.2. The van der Waals surface area contributed by atoms with E-state index in [9.17, 15) is 9.18 Å². The van der Waals surface area contributed by atoms with Crippen LogP contribution < -0.4 is 5.32 Å². The van der Waals surface area contributed by atoms with Crippen molar-refractivity contribution < 1.29 is 9.18 Å². The summed E-state index contributed by atoms with van der Waals surface area (Å²) in [6, 6.07) is 14.5. The summed E-state index contributed by atoms with van der Waals surface area (Å²) in [6.07, 6.45) is 0. The Labute approximate surface area is 130 Å². The highest BCUT2D eigenvalue weighted by atomic mass is 19.1. The van der Waals surface area contributed by atoms with Crippen LogP contribution in [-0.4, -0.2) is 24.4 Å². The fourth-order valence-corrected chi connectivity index (χ4v) is 2.27. The number of carbonyl (C=O) groups excluding carboxylic acids is 1. The molecular weight excluding hydrogens is 279 g/mol. The number of halogens is 1. The molecule has 1 unspecified atom stereocenters. The normalized spacial score (nSPS) is 12.2. The van der Waals surface area contributed by atoms with E-state index in [4.69, 9.17) is 0 Å². The van der Waals surface area contributed by atoms with Gasteiger partial charge in [-0.1, -0.05) is 36.4 Å². The van der Waals surface area contributed by atoms with Gasteiger partial charge in [-0.25, -0.2) is 4.39 Å². The van der Waals surface area contributed by atoms with Crippen LogP contribution in [0, 0.1) is 12.7 Å². The number of amides is 1. The molecule has 0 heterocycles. The summed E-state index contributed by atoms with van der Waals surface area (Å²) >= 11 is 0. The minimum Gasteiger partial charge on any atom is -0.325 e. The summed E-state index contributed by atoms with van der Waals surface area (Å²) in [6.45, 7) is 4.13. The van der Waals surface area contributed by atoms with Crippen LogP contribution in [0.1, 0.15) is 24.1 Å². The Bertz CT molecular complexity index is 643. The van der Waals surface area contributed by atoms with Crippen molar-refractivity contribution in [1.82, 2.24) is 4.90 Å². The molecule has 1 N–H and O–H groups in total. The van der Waals surface area contributed by atoms with Crippen molar-refractivity contribution in [3.63, 3.8) is 0 Å². The number of aryl methyl sites for hydroxylation is 1. The lowest BCUT2D eigenvalue weighted by molar-refractivity contribution is -0.117. The molecule has 0 saturated carbocycles. The van der Waals surface area contributed by atoms with E-state index in [2.05, 4.69) is 12.2 Å². The van der Waals surface area contributed by atoms with E-state index in [1.54, 1.807) is 6.07 Å². The summed E-state index contributed by atoms with van der Waals surface area (Å²) < 4.78 is 13.2. The number of benzene rings is 2. The standard InChI is InChI=1S/C18H21FN2O/c1-13-9-10-16(19)11-17(13)20-18(22)12-21(3)14(2)15-7-5-4-6-8-15/h4-11,14H,12H2,1-3H3,(H,20,22). The minimum absolute atomic E-state index is 0.126. The van der Waals surface area contributed by atoms with Crippen LogP contribution in [0.4, 0.5) is 10.1 Å². The highest BCUT2D eigenvalue weighted by Gasteiger charge is 2.15. The molecule has 0 aliphatic carbocycles. The molecule has 1 amide bonds. The smallest absolute Gasteiger partial charge is 0.238 e. The quantitative estimate of drug-likeness (QED) is 0.911. The first-order valence-corrected chi connectivity index (χ1v) is 7.28. The highest BCUT2D eigenvalue weighted by molar-refractivity contribution is 5.92. The SMILES string of the molecule is Cc1ccc(F)cc1NC(=O)CN(C)C(C)c1ccccc1. The largest absolute Gasteiger partial charge is 0.325 e. The van der Waals surface area contributed by atoms with Crippen LogP contribution >= 0.6 is 0 Å². The summed E-state index contributed by atoms with van der Waals surface area (Å²) in [5, 5.41) is 2.77. The van der Waals surface area contributed by atoms with Crippen molar-refractivity contribution in [1.29, 1.82) is 0 Å². The van der Waals surface area contributed by atoms with E-state index in [-0.39, 0.29) is 24.3 Å². The number of nitrogens with zero attached hydrogens (tertiary/aromatic N) is 1. The number of rotatable bonds is 5. The number of nitrogens with one attached hydrogen (secondary N) is 1. The number of carbonyl (C=O) groups is 1. The Kier molecular flexibility index (Phi) is 5.28. The van der Waals surface area contributed by atoms with E-state index in [0.29, 0.717) is 5.69 Å². The fourth-order valence-electron chi connectivity index (χ4n) is 2.27. The fraction of sp³-hybridized carbons (Fsp3) is 0.278. The van der Waals surface area contributed by atoms with Gasteiger partial charge in [0.2, 0.25) is 5.91 Å². The van der Waals surface area contributed by atoms with Crippen LogP contribution in [-0.2, 0) is 4.79 Å². The van der Waals surface area contributed by atoms with Crippen molar-refractivity contribution in [2.24, 2.45) is 0 Å². The Morgan fingerprint density at radius 1 is 1.23 bits per heavy atom. The molecule has 116 valence electrons. The number of hydrogen-bond donors (Lipinski definition) is 1. The number of anilines is 1. The molecule has 22 heavy (non-hydrogen) atoms. The minimum atomic E-state index is -0.355. The van der Waals surface area contributed by atoms with Gasteiger partial charge in [0.05, 0.1) is 6.54 Å². The van der Waals surface area contributed by atoms with E-state index in [0.717, 1.165) is 11.1 Å². The third-order valence-corrected chi connectivity index (χ3v) is 3.81. The molecule has 1 atom stereocenters. The lowest BCUT2D eigenvalue weighted by Gasteiger charge is -2.24. The Morgan fingerprint density at radius 3 is 2.59 bits per heavy atom. The molecule has 2 aromatic carbocycles. The zero-order valence-corrected chi connectivity index (χ0v) is 13.1. The summed E-state index contributed by atoms with van der Waals surface area (Å²) in [4.78, 5) is 14.1. The molecular formula is C18H21FN2O. The molecule has 2 aromatic rings. The van der Waals surface area contributed by atoms with Gasteiger partial charge in [0.15, 0.2) is 0 Å². The average Bonchev–Trinajstić information content (AvgIpc) is 2.51. The maximum Gasteiger partial charge on any atom is 0.238 e. The number of hydrogen-bond acceptors (Lipinski definition) is 2. The van der Waals surface area contributed by atoms with Crippen LogP contribution in [0.3, 0.4) is 0 Å². The van der Waals surface area contributed by atoms with Gasteiger partial charge in [-0.2, -0.15) is 0 Å². The molecule has 0 bridgehead atoms. The second-order valence-electron chi connectivity index (χ2n) is 5.51. The lowest BCUT2D eigenvalue weighted by Crippen LogP contribution is -2.32. The predicted octanol–water partition coefficient (Wildman–Crippen LogP) is 3.77. The second kappa shape index (κ2) is 7.18. The maximum atomic E-state index is 13.2. The molecule has 0 aromatic heterocycles. The average molecular weight is 300 g/mol. The molecule has 0 aliphatic heterocycles. The molecule has 3 nitrogen and oxygen atoms in total. The van der Waals surface area contributed by atoms with Gasteiger partial charge in [-0.3, -0.25) is 9.69 Å². The van der Waals surface area contributed by atoms with Crippen LogP contribution in [0.25, 0.3) is 0 Å². The van der Waals surface area contributed by atoms with Crippen molar-refractivity contribution in [3.05, 3.63) is 65.5 Å². The monoisotopic (exact) mass is 300 g/mol. The second-order valence-corrected chi connectivity index (χ2v) is 5.51. The molecule has 0 spiro atoms. The van der Waals surface area contributed by atoms with Gasteiger partial charge in [-0.05, 0) is 44.2 Å². The van der Waals surface area contributed by atoms with Crippen molar-refractivity contribution >= 4 is 11.6 Å².